The van der Waals surface area contributed by atoms with Gasteiger partial charge in [-0.3, -0.25) is 13.9 Å². The first-order chi connectivity index (χ1) is 11.5. The van der Waals surface area contributed by atoms with Crippen LogP contribution in [0, 0.1) is 0 Å². The first-order valence-corrected chi connectivity index (χ1v) is 8.47. The van der Waals surface area contributed by atoms with E-state index in [1.165, 1.54) is 10.9 Å². The Morgan fingerprint density at radius 2 is 2.17 bits per heavy atom. The minimum atomic E-state index is -0.325. The van der Waals surface area contributed by atoms with Gasteiger partial charge in [0.05, 0.1) is 25.6 Å². The van der Waals surface area contributed by atoms with Gasteiger partial charge in [0.15, 0.2) is 5.65 Å². The molecule has 0 bridgehead atoms. The summed E-state index contributed by atoms with van der Waals surface area (Å²) in [6.07, 6.45) is 4.63. The van der Waals surface area contributed by atoms with Crippen molar-refractivity contribution in [1.82, 2.24) is 24.0 Å². The maximum atomic E-state index is 12.9. The fourth-order valence-corrected chi connectivity index (χ4v) is 2.97. The van der Waals surface area contributed by atoms with E-state index in [0.29, 0.717) is 30.9 Å². The van der Waals surface area contributed by atoms with Crippen LogP contribution in [0.25, 0.3) is 11.2 Å². The van der Waals surface area contributed by atoms with Gasteiger partial charge in [-0.05, 0) is 20.5 Å². The second kappa shape index (κ2) is 6.90. The number of epoxide rings is 1. The molecule has 0 amide bonds. The second-order valence-corrected chi connectivity index (χ2v) is 6.63. The van der Waals surface area contributed by atoms with Crippen LogP contribution in [0.15, 0.2) is 15.9 Å². The van der Waals surface area contributed by atoms with E-state index < -0.39 is 0 Å². The number of rotatable bonds is 8. The molecule has 1 fully saturated rings. The summed E-state index contributed by atoms with van der Waals surface area (Å²) in [7, 11) is 4.03. The van der Waals surface area contributed by atoms with Gasteiger partial charge in [0.2, 0.25) is 0 Å². The Balaban J connectivity index is 2.03. The maximum Gasteiger partial charge on any atom is 0.332 e. The third-order valence-corrected chi connectivity index (χ3v) is 4.60. The highest BCUT2D eigenvalue weighted by molar-refractivity contribution is 5.68. The van der Waals surface area contributed by atoms with E-state index in [-0.39, 0.29) is 23.4 Å². The van der Waals surface area contributed by atoms with Crippen LogP contribution in [0.1, 0.15) is 26.2 Å². The number of fused-ring (bicyclic) bond motifs is 1. The molecule has 1 aliphatic rings. The Morgan fingerprint density at radius 3 is 2.79 bits per heavy atom. The summed E-state index contributed by atoms with van der Waals surface area (Å²) < 4.78 is 8.08. The summed E-state index contributed by atoms with van der Waals surface area (Å²) in [5.74, 6) is 0. The molecule has 0 spiro atoms. The lowest BCUT2D eigenvalue weighted by Crippen LogP contribution is -2.44. The third-order valence-electron chi connectivity index (χ3n) is 4.60. The number of unbranched alkanes of at least 4 members (excludes halogenated alkanes) is 1. The number of nitrogens with one attached hydrogen (secondary N) is 1. The van der Waals surface area contributed by atoms with E-state index in [1.807, 2.05) is 14.1 Å². The zero-order valence-corrected chi connectivity index (χ0v) is 14.5. The number of hydrogen-bond acceptors (Lipinski definition) is 5. The van der Waals surface area contributed by atoms with Crippen molar-refractivity contribution in [2.75, 3.05) is 20.7 Å². The number of ether oxygens (including phenoxy) is 1. The standard InChI is InChI=1S/C16H25N5O3/c1-4-5-6-11(19(2)3)7-20-14-13(17-10-18-14)15(22)21(16(20)23)8-12-9-24-12/h10-12H,4-9H2,1-3H3,(H,17,18). The Labute approximate surface area is 140 Å². The fourth-order valence-electron chi connectivity index (χ4n) is 2.97. The highest BCUT2D eigenvalue weighted by atomic mass is 16.6. The molecule has 1 saturated heterocycles. The molecule has 2 aromatic heterocycles. The van der Waals surface area contributed by atoms with Crippen LogP contribution < -0.4 is 11.2 Å². The van der Waals surface area contributed by atoms with Crippen LogP contribution in [0.5, 0.6) is 0 Å². The molecule has 3 rings (SSSR count). The van der Waals surface area contributed by atoms with Gasteiger partial charge in [0.25, 0.3) is 5.56 Å². The second-order valence-electron chi connectivity index (χ2n) is 6.63. The molecule has 8 nitrogen and oxygen atoms in total. The van der Waals surface area contributed by atoms with Crippen molar-refractivity contribution < 1.29 is 4.74 Å². The first kappa shape index (κ1) is 16.9. The number of hydrogen-bond donors (Lipinski definition) is 1. The normalized spacial score (nSPS) is 18.4. The van der Waals surface area contributed by atoms with E-state index in [1.54, 1.807) is 4.57 Å². The van der Waals surface area contributed by atoms with Crippen LogP contribution in [0.4, 0.5) is 0 Å². The van der Waals surface area contributed by atoms with Crippen molar-refractivity contribution in [1.29, 1.82) is 0 Å². The van der Waals surface area contributed by atoms with E-state index in [4.69, 9.17) is 4.74 Å². The summed E-state index contributed by atoms with van der Waals surface area (Å²) >= 11 is 0. The minimum absolute atomic E-state index is 0.0334. The summed E-state index contributed by atoms with van der Waals surface area (Å²) in [5.41, 5.74) is 0.178. The molecule has 0 aliphatic carbocycles. The lowest BCUT2D eigenvalue weighted by atomic mass is 10.1. The molecule has 8 heteroatoms. The van der Waals surface area contributed by atoms with Gasteiger partial charge in [-0.2, -0.15) is 0 Å². The molecule has 1 N–H and O–H groups in total. The van der Waals surface area contributed by atoms with Gasteiger partial charge in [-0.1, -0.05) is 19.8 Å². The van der Waals surface area contributed by atoms with Crippen LogP contribution in [0.3, 0.4) is 0 Å². The van der Waals surface area contributed by atoms with Crippen molar-refractivity contribution in [3.63, 3.8) is 0 Å². The van der Waals surface area contributed by atoms with Crippen LogP contribution >= 0.6 is 0 Å². The summed E-state index contributed by atoms with van der Waals surface area (Å²) in [6, 6.07) is 0.214. The van der Waals surface area contributed by atoms with Crippen LogP contribution in [-0.4, -0.2) is 56.9 Å². The Hall–Kier alpha value is -1.93. The lowest BCUT2D eigenvalue weighted by Gasteiger charge is -2.25. The minimum Gasteiger partial charge on any atom is -0.371 e. The molecule has 2 unspecified atom stereocenters. The van der Waals surface area contributed by atoms with Gasteiger partial charge in [0.1, 0.15) is 5.52 Å². The maximum absolute atomic E-state index is 12.9. The van der Waals surface area contributed by atoms with E-state index in [2.05, 4.69) is 21.8 Å². The van der Waals surface area contributed by atoms with Crippen molar-refractivity contribution in [2.45, 2.75) is 51.4 Å². The van der Waals surface area contributed by atoms with Gasteiger partial charge in [-0.15, -0.1) is 0 Å². The Kier molecular flexibility index (Phi) is 4.86. The quantitative estimate of drug-likeness (QED) is 0.706. The van der Waals surface area contributed by atoms with E-state index in [0.717, 1.165) is 19.3 Å². The molecule has 3 heterocycles. The Bertz CT molecular complexity index is 815. The molecule has 0 radical (unpaired) electrons. The number of aromatic amines is 1. The average molecular weight is 335 g/mol. The van der Waals surface area contributed by atoms with Crippen molar-refractivity contribution in [2.24, 2.45) is 0 Å². The third kappa shape index (κ3) is 3.29. The number of imidazole rings is 1. The predicted octanol–water partition coefficient (Wildman–Crippen LogP) is 0.406. The lowest BCUT2D eigenvalue weighted by molar-refractivity contribution is 0.243. The molecule has 0 aromatic carbocycles. The molecule has 0 saturated carbocycles. The van der Waals surface area contributed by atoms with Gasteiger partial charge < -0.3 is 14.6 Å². The van der Waals surface area contributed by atoms with Gasteiger partial charge >= 0.3 is 5.69 Å². The summed E-state index contributed by atoms with van der Waals surface area (Å²) in [4.78, 5) is 34.6. The highest BCUT2D eigenvalue weighted by Gasteiger charge is 2.27. The molecule has 2 atom stereocenters. The zero-order chi connectivity index (χ0) is 17.3. The number of H-pyrrole nitrogens is 1. The monoisotopic (exact) mass is 335 g/mol. The number of nitrogens with zero attached hydrogens (tertiary/aromatic N) is 4. The SMILES string of the molecule is CCCCC(Cn1c(=O)n(CC2CO2)c(=O)c2[nH]cnc21)N(C)C. The Morgan fingerprint density at radius 1 is 1.42 bits per heavy atom. The average Bonchev–Trinajstić information content (AvgIpc) is 3.24. The smallest absolute Gasteiger partial charge is 0.332 e. The van der Waals surface area contributed by atoms with E-state index in [9.17, 15) is 9.59 Å². The van der Waals surface area contributed by atoms with Gasteiger partial charge in [-0.25, -0.2) is 9.78 Å². The number of likely N-dealkylation sites (N-methyl/N-ethyl adjacent to an activating group) is 1. The molecular formula is C16H25N5O3. The largest absolute Gasteiger partial charge is 0.371 e. The molecule has 132 valence electrons. The molecular weight excluding hydrogens is 310 g/mol. The van der Waals surface area contributed by atoms with Gasteiger partial charge in [0, 0.05) is 12.6 Å². The summed E-state index contributed by atoms with van der Waals surface area (Å²) in [5, 5.41) is 0. The van der Waals surface area contributed by atoms with Crippen LogP contribution in [0.2, 0.25) is 0 Å². The van der Waals surface area contributed by atoms with Crippen molar-refractivity contribution >= 4 is 11.2 Å². The van der Waals surface area contributed by atoms with E-state index >= 15 is 0 Å². The fraction of sp³-hybridized carbons (Fsp3) is 0.688. The topological polar surface area (TPSA) is 88.4 Å². The molecule has 24 heavy (non-hydrogen) atoms. The van der Waals surface area contributed by atoms with Crippen LogP contribution in [-0.2, 0) is 17.8 Å². The zero-order valence-electron chi connectivity index (χ0n) is 14.5. The number of aromatic nitrogens is 4. The predicted molar refractivity (Wildman–Crippen MR) is 91.4 cm³/mol. The molecule has 2 aromatic rings. The van der Waals surface area contributed by atoms with Crippen molar-refractivity contribution in [3.8, 4) is 0 Å². The van der Waals surface area contributed by atoms with Crippen molar-refractivity contribution in [3.05, 3.63) is 27.2 Å². The summed E-state index contributed by atoms with van der Waals surface area (Å²) in [6.45, 7) is 3.57. The first-order valence-electron chi connectivity index (χ1n) is 8.47. The molecule has 1 aliphatic heterocycles. The highest BCUT2D eigenvalue weighted by Crippen LogP contribution is 2.12.